The molecule has 1 aliphatic rings. The molecular weight excluding hydrogens is 250 g/mol. The predicted octanol–water partition coefficient (Wildman–Crippen LogP) is 2.37. The van der Waals surface area contributed by atoms with Gasteiger partial charge in [0.15, 0.2) is 0 Å². The summed E-state index contributed by atoms with van der Waals surface area (Å²) in [5.41, 5.74) is 0.403. The van der Waals surface area contributed by atoms with E-state index in [4.69, 9.17) is 11.6 Å². The van der Waals surface area contributed by atoms with Gasteiger partial charge in [0.1, 0.15) is 5.75 Å². The summed E-state index contributed by atoms with van der Waals surface area (Å²) < 4.78 is 0. The minimum absolute atomic E-state index is 0.00430. The average Bonchev–Trinajstić information content (AvgIpc) is 2.51. The van der Waals surface area contributed by atoms with Gasteiger partial charge in [0.05, 0.1) is 4.91 Å². The Balaban J connectivity index is 2.39. The molecule has 0 spiro atoms. The molecule has 1 fully saturated rings. The van der Waals surface area contributed by atoms with Crippen LogP contribution in [0.3, 0.4) is 0 Å². The van der Waals surface area contributed by atoms with Crippen LogP contribution in [-0.4, -0.2) is 16.3 Å². The van der Waals surface area contributed by atoms with E-state index >= 15 is 0 Å². The van der Waals surface area contributed by atoms with Crippen molar-refractivity contribution in [3.05, 3.63) is 33.7 Å². The number of rotatable bonds is 1. The van der Waals surface area contributed by atoms with Gasteiger partial charge in [-0.2, -0.15) is 0 Å². The zero-order chi connectivity index (χ0) is 11.7. The maximum Gasteiger partial charge on any atom is 0.290 e. The quantitative estimate of drug-likeness (QED) is 0.756. The fourth-order valence-electron chi connectivity index (χ4n) is 1.20. The molecule has 16 heavy (non-hydrogen) atoms. The maximum atomic E-state index is 11.2. The van der Waals surface area contributed by atoms with Gasteiger partial charge in [0, 0.05) is 10.6 Å². The summed E-state index contributed by atoms with van der Waals surface area (Å²) >= 11 is 6.54. The highest BCUT2D eigenvalue weighted by atomic mass is 35.5. The molecule has 0 aliphatic carbocycles. The normalized spacial score (nSPS) is 17.9. The number of thioether (sulfide) groups is 1. The Labute approximate surface area is 100 Å². The Morgan fingerprint density at radius 2 is 2.12 bits per heavy atom. The lowest BCUT2D eigenvalue weighted by atomic mass is 10.2. The summed E-state index contributed by atoms with van der Waals surface area (Å²) in [5.74, 6) is -0.459. The zero-order valence-electron chi connectivity index (χ0n) is 7.86. The van der Waals surface area contributed by atoms with Crippen molar-refractivity contribution in [2.75, 3.05) is 0 Å². The van der Waals surface area contributed by atoms with Crippen molar-refractivity contribution >= 4 is 40.6 Å². The molecule has 6 heteroatoms. The van der Waals surface area contributed by atoms with Crippen molar-refractivity contribution in [1.82, 2.24) is 5.32 Å². The highest BCUT2D eigenvalue weighted by Gasteiger charge is 2.25. The number of carbonyl (C=O) groups is 2. The zero-order valence-corrected chi connectivity index (χ0v) is 9.43. The van der Waals surface area contributed by atoms with Gasteiger partial charge >= 0.3 is 0 Å². The fraction of sp³-hybridized carbons (Fsp3) is 0. The summed E-state index contributed by atoms with van der Waals surface area (Å²) in [6.45, 7) is 0. The SMILES string of the molecule is O=C1NC(=O)/C(=C/c2cc(Cl)ccc2O)S1. The standard InChI is InChI=1S/C10H6ClNO3S/c11-6-1-2-7(13)5(3-6)4-8-9(14)12-10(15)16-8/h1-4,13H,(H,12,14,15)/b8-4-. The molecule has 1 aromatic carbocycles. The van der Waals surface area contributed by atoms with E-state index in [0.717, 1.165) is 11.8 Å². The minimum Gasteiger partial charge on any atom is -0.507 e. The number of imide groups is 1. The fourth-order valence-corrected chi connectivity index (χ4v) is 2.06. The number of phenols is 1. The third-order valence-corrected chi connectivity index (χ3v) is 2.96. The van der Waals surface area contributed by atoms with Gasteiger partial charge in [-0.3, -0.25) is 14.9 Å². The third-order valence-electron chi connectivity index (χ3n) is 1.92. The first-order chi connectivity index (χ1) is 7.56. The number of aromatic hydroxyl groups is 1. The Morgan fingerprint density at radius 3 is 2.75 bits per heavy atom. The number of amides is 2. The Kier molecular flexibility index (Phi) is 2.89. The molecule has 82 valence electrons. The van der Waals surface area contributed by atoms with E-state index in [-0.39, 0.29) is 10.7 Å². The van der Waals surface area contributed by atoms with Crippen LogP contribution in [0.25, 0.3) is 6.08 Å². The van der Waals surface area contributed by atoms with Gasteiger partial charge in [-0.1, -0.05) is 11.6 Å². The van der Waals surface area contributed by atoms with Gasteiger partial charge in [-0.25, -0.2) is 0 Å². The minimum atomic E-state index is -0.464. The van der Waals surface area contributed by atoms with Crippen molar-refractivity contribution in [2.24, 2.45) is 0 Å². The second-order valence-electron chi connectivity index (χ2n) is 3.06. The number of hydrogen-bond acceptors (Lipinski definition) is 4. The van der Waals surface area contributed by atoms with E-state index in [0.29, 0.717) is 10.6 Å². The van der Waals surface area contributed by atoms with E-state index < -0.39 is 11.1 Å². The first-order valence-corrected chi connectivity index (χ1v) is 5.49. The molecule has 2 rings (SSSR count). The highest BCUT2D eigenvalue weighted by Crippen LogP contribution is 2.29. The monoisotopic (exact) mass is 255 g/mol. The summed E-state index contributed by atoms with van der Waals surface area (Å²) in [7, 11) is 0. The van der Waals surface area contributed by atoms with Crippen LogP contribution in [0.4, 0.5) is 4.79 Å². The van der Waals surface area contributed by atoms with Crippen LogP contribution in [0.5, 0.6) is 5.75 Å². The molecule has 4 nitrogen and oxygen atoms in total. The van der Waals surface area contributed by atoms with Gasteiger partial charge in [0.2, 0.25) is 0 Å². The Hall–Kier alpha value is -1.46. The molecule has 2 N–H and O–H groups in total. The van der Waals surface area contributed by atoms with E-state index in [1.165, 1.54) is 24.3 Å². The van der Waals surface area contributed by atoms with Crippen molar-refractivity contribution < 1.29 is 14.7 Å². The van der Waals surface area contributed by atoms with Crippen molar-refractivity contribution in [3.8, 4) is 5.75 Å². The van der Waals surface area contributed by atoms with E-state index in [1.807, 2.05) is 0 Å². The van der Waals surface area contributed by atoms with Gasteiger partial charge in [-0.15, -0.1) is 0 Å². The summed E-state index contributed by atoms with van der Waals surface area (Å²) in [6.07, 6.45) is 1.42. The second kappa shape index (κ2) is 4.19. The van der Waals surface area contributed by atoms with Gasteiger partial charge in [-0.05, 0) is 36.0 Å². The van der Waals surface area contributed by atoms with E-state index in [2.05, 4.69) is 5.32 Å². The van der Waals surface area contributed by atoms with E-state index in [9.17, 15) is 14.7 Å². The first-order valence-electron chi connectivity index (χ1n) is 4.29. The molecule has 0 unspecified atom stereocenters. The van der Waals surface area contributed by atoms with Crippen molar-refractivity contribution in [1.29, 1.82) is 0 Å². The first kappa shape index (κ1) is 11.0. The highest BCUT2D eigenvalue weighted by molar-refractivity contribution is 8.18. The van der Waals surface area contributed by atoms with Crippen LogP contribution in [0.15, 0.2) is 23.1 Å². The number of carbonyl (C=O) groups excluding carboxylic acids is 2. The van der Waals surface area contributed by atoms with Gasteiger partial charge < -0.3 is 5.11 Å². The second-order valence-corrected chi connectivity index (χ2v) is 4.51. The molecular formula is C10H6ClNO3S. The smallest absolute Gasteiger partial charge is 0.290 e. The topological polar surface area (TPSA) is 66.4 Å². The number of halogens is 1. The number of phenolic OH excluding ortho intramolecular Hbond substituents is 1. The molecule has 1 saturated heterocycles. The van der Waals surface area contributed by atoms with Crippen LogP contribution in [0.2, 0.25) is 5.02 Å². The molecule has 0 radical (unpaired) electrons. The average molecular weight is 256 g/mol. The van der Waals surface area contributed by atoms with Crippen molar-refractivity contribution in [2.45, 2.75) is 0 Å². The molecule has 0 aromatic heterocycles. The van der Waals surface area contributed by atoms with Crippen LogP contribution in [0, 0.1) is 0 Å². The molecule has 1 aromatic rings. The summed E-state index contributed by atoms with van der Waals surface area (Å²) in [5, 5.41) is 11.7. The lowest BCUT2D eigenvalue weighted by molar-refractivity contribution is -0.115. The molecule has 0 atom stereocenters. The molecule has 1 heterocycles. The Bertz CT molecular complexity index is 513. The van der Waals surface area contributed by atoms with Crippen LogP contribution in [0.1, 0.15) is 5.56 Å². The lowest BCUT2D eigenvalue weighted by Crippen LogP contribution is -2.17. The number of hydrogen-bond donors (Lipinski definition) is 2. The molecule has 0 saturated carbocycles. The van der Waals surface area contributed by atoms with E-state index in [1.54, 1.807) is 0 Å². The Morgan fingerprint density at radius 1 is 1.38 bits per heavy atom. The molecule has 2 amide bonds. The summed E-state index contributed by atoms with van der Waals surface area (Å²) in [4.78, 5) is 22.4. The van der Waals surface area contributed by atoms with Crippen LogP contribution < -0.4 is 5.32 Å². The van der Waals surface area contributed by atoms with Gasteiger partial charge in [0.25, 0.3) is 11.1 Å². The number of nitrogens with one attached hydrogen (secondary N) is 1. The molecule has 1 aliphatic heterocycles. The van der Waals surface area contributed by atoms with Crippen LogP contribution >= 0.6 is 23.4 Å². The van der Waals surface area contributed by atoms with Crippen molar-refractivity contribution in [3.63, 3.8) is 0 Å². The lowest BCUT2D eigenvalue weighted by Gasteiger charge is -1.99. The third kappa shape index (κ3) is 2.20. The summed E-state index contributed by atoms with van der Waals surface area (Å²) in [6, 6.07) is 4.47. The van der Waals surface area contributed by atoms with Crippen LogP contribution in [-0.2, 0) is 4.79 Å². The maximum absolute atomic E-state index is 11.2. The predicted molar refractivity (Wildman–Crippen MR) is 62.2 cm³/mol. The number of benzene rings is 1. The largest absolute Gasteiger partial charge is 0.507 e. The molecule has 0 bridgehead atoms.